The Bertz CT molecular complexity index is 763. The fraction of sp³-hybridized carbons (Fsp3) is 0.520. The van der Waals surface area contributed by atoms with Crippen molar-refractivity contribution in [1.82, 2.24) is 0 Å². The van der Waals surface area contributed by atoms with Gasteiger partial charge in [0.15, 0.2) is 6.29 Å². The Morgan fingerprint density at radius 1 is 0.906 bits per heavy atom. The van der Waals surface area contributed by atoms with E-state index in [9.17, 15) is 5.11 Å². The second-order valence-corrected chi connectivity index (χ2v) is 9.93. The van der Waals surface area contributed by atoms with Crippen LogP contribution in [0.4, 0.5) is 0 Å². The molecular weight excluding hydrogens is 540 g/mol. The highest BCUT2D eigenvalue weighted by atomic mass is 79.9. The number of alkyl halides is 2. The molecule has 7 heteroatoms. The number of aliphatic hydroxyl groups excluding tert-OH is 1. The van der Waals surface area contributed by atoms with Crippen LogP contribution in [-0.2, 0) is 32.2 Å². The van der Waals surface area contributed by atoms with E-state index in [1.54, 1.807) is 0 Å². The van der Waals surface area contributed by atoms with Gasteiger partial charge in [-0.3, -0.25) is 0 Å². The van der Waals surface area contributed by atoms with E-state index < -0.39 is 24.6 Å². The third kappa shape index (κ3) is 7.90. The van der Waals surface area contributed by atoms with Gasteiger partial charge in [-0.05, 0) is 30.9 Å². The van der Waals surface area contributed by atoms with Crippen LogP contribution in [0.15, 0.2) is 60.7 Å². The van der Waals surface area contributed by atoms with Gasteiger partial charge in [0.2, 0.25) is 0 Å². The van der Waals surface area contributed by atoms with Gasteiger partial charge in [-0.2, -0.15) is 0 Å². The summed E-state index contributed by atoms with van der Waals surface area (Å²) in [6.07, 6.45) is -1.15. The van der Waals surface area contributed by atoms with Crippen molar-refractivity contribution >= 4 is 31.9 Å². The van der Waals surface area contributed by atoms with Gasteiger partial charge in [0.05, 0.1) is 19.3 Å². The van der Waals surface area contributed by atoms with E-state index in [4.69, 9.17) is 18.9 Å². The highest BCUT2D eigenvalue weighted by Crippen LogP contribution is 2.28. The number of aliphatic hydroxyl groups is 1. The maximum absolute atomic E-state index is 11.1. The largest absolute Gasteiger partial charge is 0.385 e. The molecule has 6 atom stereocenters. The topological polar surface area (TPSA) is 57.2 Å². The average Bonchev–Trinajstić information content (AvgIpc) is 2.83. The number of halogens is 2. The molecule has 0 amide bonds. The second kappa shape index (κ2) is 13.8. The summed E-state index contributed by atoms with van der Waals surface area (Å²) < 4.78 is 24.3. The van der Waals surface area contributed by atoms with Crippen molar-refractivity contribution < 1.29 is 24.1 Å². The van der Waals surface area contributed by atoms with Gasteiger partial charge in [-0.25, -0.2) is 0 Å². The molecule has 0 saturated carbocycles. The molecule has 1 heterocycles. The van der Waals surface area contributed by atoms with Crippen LogP contribution in [0.2, 0.25) is 0 Å². The van der Waals surface area contributed by atoms with Crippen molar-refractivity contribution in [2.45, 2.75) is 68.5 Å². The van der Waals surface area contributed by atoms with E-state index in [2.05, 4.69) is 31.9 Å². The summed E-state index contributed by atoms with van der Waals surface area (Å²) in [6, 6.07) is 19.9. The van der Waals surface area contributed by atoms with E-state index in [0.29, 0.717) is 24.6 Å². The van der Waals surface area contributed by atoms with Crippen molar-refractivity contribution in [1.29, 1.82) is 0 Å². The van der Waals surface area contributed by atoms with Gasteiger partial charge < -0.3 is 24.1 Å². The molecule has 1 aliphatic rings. The molecule has 5 nitrogen and oxygen atoms in total. The van der Waals surface area contributed by atoms with E-state index in [0.717, 1.165) is 29.3 Å². The lowest BCUT2D eigenvalue weighted by Crippen LogP contribution is -2.59. The molecule has 32 heavy (non-hydrogen) atoms. The molecular formula is C25H32Br2O5. The molecule has 0 spiro atoms. The zero-order valence-corrected chi connectivity index (χ0v) is 21.5. The Balaban J connectivity index is 1.63. The first-order valence-corrected chi connectivity index (χ1v) is 13.1. The van der Waals surface area contributed by atoms with Crippen LogP contribution in [0.5, 0.6) is 0 Å². The van der Waals surface area contributed by atoms with Crippen LogP contribution >= 0.6 is 31.9 Å². The Kier molecular flexibility index (Phi) is 11.1. The molecule has 0 radical (unpaired) electrons. The Morgan fingerprint density at radius 3 is 2.03 bits per heavy atom. The van der Waals surface area contributed by atoms with Gasteiger partial charge in [-0.1, -0.05) is 92.5 Å². The van der Waals surface area contributed by atoms with Crippen LogP contribution in [0.25, 0.3) is 0 Å². The molecule has 1 saturated heterocycles. The van der Waals surface area contributed by atoms with E-state index >= 15 is 0 Å². The second-order valence-electron chi connectivity index (χ2n) is 7.99. The summed E-state index contributed by atoms with van der Waals surface area (Å²) in [4.78, 5) is 0.403. The summed E-state index contributed by atoms with van der Waals surface area (Å²) in [6.45, 7) is 3.24. The number of ether oxygens (including phenoxy) is 4. The standard InChI is InChI=1S/C25H32Br2O5/c1-18-23(30-16-19-9-4-2-5-10-19)24(31-17-20-11-6-3-7-12-20)22(28)25(32-18)29-14-8-13-21(27)15-26/h2-7,9-12,18,21-25,28H,8,13-17H2,1H3/t18-,21?,22+,23-,24-,25+/m0/s1. The minimum atomic E-state index is -0.952. The molecule has 1 aliphatic heterocycles. The number of hydrogen-bond acceptors (Lipinski definition) is 5. The molecule has 0 aliphatic carbocycles. The van der Waals surface area contributed by atoms with Crippen molar-refractivity contribution in [3.63, 3.8) is 0 Å². The summed E-state index contributed by atoms with van der Waals surface area (Å²) >= 11 is 7.06. The molecule has 2 aromatic carbocycles. The first-order chi connectivity index (χ1) is 15.6. The monoisotopic (exact) mass is 570 g/mol. The van der Waals surface area contributed by atoms with Gasteiger partial charge in [0.25, 0.3) is 0 Å². The quantitative estimate of drug-likeness (QED) is 0.280. The first-order valence-electron chi connectivity index (χ1n) is 11.0. The highest BCUT2D eigenvalue weighted by molar-refractivity contribution is 9.12. The van der Waals surface area contributed by atoms with Crippen LogP contribution in [0.3, 0.4) is 0 Å². The molecule has 1 unspecified atom stereocenters. The molecule has 1 fully saturated rings. The minimum absolute atomic E-state index is 0.292. The maximum Gasteiger partial charge on any atom is 0.186 e. The van der Waals surface area contributed by atoms with Crippen molar-refractivity contribution in [2.75, 3.05) is 11.9 Å². The highest BCUT2D eigenvalue weighted by Gasteiger charge is 2.45. The lowest BCUT2D eigenvalue weighted by molar-refractivity contribution is -0.309. The molecule has 0 aromatic heterocycles. The molecule has 1 N–H and O–H groups in total. The number of hydrogen-bond donors (Lipinski definition) is 1. The van der Waals surface area contributed by atoms with E-state index in [1.807, 2.05) is 67.6 Å². The summed E-state index contributed by atoms with van der Waals surface area (Å²) in [5.41, 5.74) is 2.10. The van der Waals surface area contributed by atoms with E-state index in [1.165, 1.54) is 0 Å². The lowest BCUT2D eigenvalue weighted by atomic mass is 9.99. The number of benzene rings is 2. The van der Waals surface area contributed by atoms with Gasteiger partial charge in [0, 0.05) is 16.8 Å². The van der Waals surface area contributed by atoms with Crippen LogP contribution in [0.1, 0.15) is 30.9 Å². The summed E-state index contributed by atoms with van der Waals surface area (Å²) in [5.74, 6) is 0. The third-order valence-electron chi connectivity index (χ3n) is 5.43. The minimum Gasteiger partial charge on any atom is -0.385 e. The Labute approximate surface area is 207 Å². The zero-order valence-electron chi connectivity index (χ0n) is 18.3. The SMILES string of the molecule is C[C@@H]1O[C@@H](OCCCC(Br)CBr)[C@H](O)[C@H](OCc2ccccc2)[C@H]1OCc1ccccc1. The first kappa shape index (κ1) is 25.8. The Hall–Kier alpha value is -0.800. The molecule has 0 bridgehead atoms. The Morgan fingerprint density at radius 2 is 1.47 bits per heavy atom. The normalized spacial score (nSPS) is 26.7. The smallest absolute Gasteiger partial charge is 0.186 e. The van der Waals surface area contributed by atoms with Gasteiger partial charge in [-0.15, -0.1) is 0 Å². The van der Waals surface area contributed by atoms with Crippen LogP contribution in [0, 0.1) is 0 Å². The van der Waals surface area contributed by atoms with Crippen LogP contribution < -0.4 is 0 Å². The molecule has 3 rings (SSSR count). The average molecular weight is 572 g/mol. The fourth-order valence-corrected chi connectivity index (χ4v) is 4.31. The molecule has 176 valence electrons. The van der Waals surface area contributed by atoms with Gasteiger partial charge >= 0.3 is 0 Å². The maximum atomic E-state index is 11.1. The molecule has 2 aromatic rings. The third-order valence-corrected chi connectivity index (χ3v) is 7.86. The van der Waals surface area contributed by atoms with Crippen LogP contribution in [-0.4, -0.2) is 52.6 Å². The van der Waals surface area contributed by atoms with Crippen molar-refractivity contribution in [3.8, 4) is 0 Å². The zero-order chi connectivity index (χ0) is 22.8. The number of rotatable bonds is 12. The van der Waals surface area contributed by atoms with E-state index in [-0.39, 0.29) is 6.10 Å². The summed E-state index contributed by atoms with van der Waals surface area (Å²) in [5, 5.41) is 12.0. The predicted octanol–water partition coefficient (Wildman–Crippen LogP) is 5.22. The van der Waals surface area contributed by atoms with Crippen molar-refractivity contribution in [2.24, 2.45) is 0 Å². The van der Waals surface area contributed by atoms with Crippen molar-refractivity contribution in [3.05, 3.63) is 71.8 Å². The predicted molar refractivity (Wildman–Crippen MR) is 132 cm³/mol. The van der Waals surface area contributed by atoms with Gasteiger partial charge in [0.1, 0.15) is 18.3 Å². The summed E-state index contributed by atoms with van der Waals surface area (Å²) in [7, 11) is 0. The lowest BCUT2D eigenvalue weighted by Gasteiger charge is -2.43. The fourth-order valence-electron chi connectivity index (χ4n) is 3.66.